The SMILES string of the molecule is COc1ccc(/C=C/C(=O)N(C)Cc2ccc(Br)s2)cc1OC. The van der Waals surface area contributed by atoms with Gasteiger partial charge in [-0.05, 0) is 51.8 Å². The molecular weight excluding hydrogens is 378 g/mol. The number of hydrogen-bond donors (Lipinski definition) is 0. The first kappa shape index (κ1) is 17.6. The fraction of sp³-hybridized carbons (Fsp3) is 0.235. The molecule has 0 saturated carbocycles. The van der Waals surface area contributed by atoms with Gasteiger partial charge < -0.3 is 14.4 Å². The van der Waals surface area contributed by atoms with Gasteiger partial charge in [-0.2, -0.15) is 0 Å². The first-order valence-corrected chi connectivity index (χ1v) is 8.54. The predicted molar refractivity (Wildman–Crippen MR) is 97.1 cm³/mol. The first-order chi connectivity index (χ1) is 11.0. The summed E-state index contributed by atoms with van der Waals surface area (Å²) in [5.41, 5.74) is 0.878. The van der Waals surface area contributed by atoms with Crippen LogP contribution in [0.1, 0.15) is 10.4 Å². The van der Waals surface area contributed by atoms with Crippen LogP contribution >= 0.6 is 27.3 Å². The summed E-state index contributed by atoms with van der Waals surface area (Å²) in [6.45, 7) is 0.589. The number of methoxy groups -OCH3 is 2. The van der Waals surface area contributed by atoms with E-state index in [0.29, 0.717) is 18.0 Å². The molecule has 23 heavy (non-hydrogen) atoms. The van der Waals surface area contributed by atoms with Gasteiger partial charge in [0.05, 0.1) is 24.6 Å². The Balaban J connectivity index is 2.02. The second-order valence-electron chi connectivity index (χ2n) is 4.85. The quantitative estimate of drug-likeness (QED) is 0.687. The molecule has 0 fully saturated rings. The summed E-state index contributed by atoms with van der Waals surface area (Å²) < 4.78 is 11.5. The molecule has 0 unspecified atom stereocenters. The number of nitrogens with zero attached hydrogens (tertiary/aromatic N) is 1. The highest BCUT2D eigenvalue weighted by Gasteiger charge is 2.08. The number of rotatable bonds is 6. The lowest BCUT2D eigenvalue weighted by molar-refractivity contribution is -0.125. The molecule has 2 rings (SSSR count). The van der Waals surface area contributed by atoms with Gasteiger partial charge in [-0.1, -0.05) is 6.07 Å². The van der Waals surface area contributed by atoms with Crippen LogP contribution in [0.2, 0.25) is 0 Å². The Hall–Kier alpha value is -1.79. The highest BCUT2D eigenvalue weighted by Crippen LogP contribution is 2.28. The molecule has 1 aromatic carbocycles. The fourth-order valence-electron chi connectivity index (χ4n) is 2.00. The van der Waals surface area contributed by atoms with E-state index in [4.69, 9.17) is 9.47 Å². The van der Waals surface area contributed by atoms with Crippen LogP contribution in [0.3, 0.4) is 0 Å². The zero-order valence-electron chi connectivity index (χ0n) is 13.2. The predicted octanol–water partition coefficient (Wildman–Crippen LogP) is 4.20. The van der Waals surface area contributed by atoms with Crippen molar-refractivity contribution in [1.82, 2.24) is 4.90 Å². The molecule has 1 aromatic heterocycles. The first-order valence-electron chi connectivity index (χ1n) is 6.93. The molecule has 0 radical (unpaired) electrons. The average molecular weight is 396 g/mol. The lowest BCUT2D eigenvalue weighted by Gasteiger charge is -2.13. The second-order valence-corrected chi connectivity index (χ2v) is 7.40. The third kappa shape index (κ3) is 4.84. The van der Waals surface area contributed by atoms with Gasteiger partial charge in [0.1, 0.15) is 0 Å². The van der Waals surface area contributed by atoms with Crippen LogP contribution in [-0.4, -0.2) is 32.1 Å². The van der Waals surface area contributed by atoms with E-state index in [2.05, 4.69) is 15.9 Å². The summed E-state index contributed by atoms with van der Waals surface area (Å²) in [6, 6.07) is 9.52. The van der Waals surface area contributed by atoms with Crippen molar-refractivity contribution in [3.63, 3.8) is 0 Å². The van der Waals surface area contributed by atoms with Crippen LogP contribution < -0.4 is 9.47 Å². The molecule has 0 aliphatic rings. The third-order valence-corrected chi connectivity index (χ3v) is 4.83. The van der Waals surface area contributed by atoms with E-state index in [1.165, 1.54) is 0 Å². The van der Waals surface area contributed by atoms with E-state index in [1.54, 1.807) is 49.7 Å². The van der Waals surface area contributed by atoms with Crippen LogP contribution in [0.5, 0.6) is 11.5 Å². The maximum atomic E-state index is 12.2. The lowest BCUT2D eigenvalue weighted by Crippen LogP contribution is -2.23. The molecule has 0 aliphatic heterocycles. The minimum absolute atomic E-state index is 0.0516. The van der Waals surface area contributed by atoms with E-state index in [-0.39, 0.29) is 5.91 Å². The summed E-state index contributed by atoms with van der Waals surface area (Å²) >= 11 is 5.05. The van der Waals surface area contributed by atoms with Gasteiger partial charge in [0, 0.05) is 18.0 Å². The fourth-order valence-corrected chi connectivity index (χ4v) is 3.54. The van der Waals surface area contributed by atoms with E-state index >= 15 is 0 Å². The minimum Gasteiger partial charge on any atom is -0.493 e. The number of likely N-dealkylation sites (N-methyl/N-ethyl adjacent to an activating group) is 1. The molecule has 4 nitrogen and oxygen atoms in total. The minimum atomic E-state index is -0.0516. The summed E-state index contributed by atoms with van der Waals surface area (Å²) in [5.74, 6) is 1.25. The Kier molecular flexibility index (Phi) is 6.24. The van der Waals surface area contributed by atoms with Gasteiger partial charge in [0.2, 0.25) is 5.91 Å². The van der Waals surface area contributed by atoms with Crippen molar-refractivity contribution in [2.45, 2.75) is 6.54 Å². The van der Waals surface area contributed by atoms with Crippen molar-refractivity contribution >= 4 is 39.2 Å². The number of carbonyl (C=O) groups excluding carboxylic acids is 1. The van der Waals surface area contributed by atoms with E-state index < -0.39 is 0 Å². The van der Waals surface area contributed by atoms with Crippen molar-refractivity contribution in [3.8, 4) is 11.5 Å². The van der Waals surface area contributed by atoms with E-state index in [1.807, 2.05) is 30.3 Å². The number of thiophene rings is 1. The maximum Gasteiger partial charge on any atom is 0.246 e. The zero-order chi connectivity index (χ0) is 16.8. The van der Waals surface area contributed by atoms with Gasteiger partial charge >= 0.3 is 0 Å². The lowest BCUT2D eigenvalue weighted by atomic mass is 10.2. The topological polar surface area (TPSA) is 38.8 Å². The summed E-state index contributed by atoms with van der Waals surface area (Å²) in [7, 11) is 4.97. The van der Waals surface area contributed by atoms with Crippen molar-refractivity contribution < 1.29 is 14.3 Å². The molecule has 122 valence electrons. The average Bonchev–Trinajstić information content (AvgIpc) is 2.96. The zero-order valence-corrected chi connectivity index (χ0v) is 15.6. The van der Waals surface area contributed by atoms with Crippen LogP contribution in [0.15, 0.2) is 40.2 Å². The van der Waals surface area contributed by atoms with Crippen LogP contribution in [0.25, 0.3) is 6.08 Å². The molecule has 0 spiro atoms. The van der Waals surface area contributed by atoms with Gasteiger partial charge in [0.15, 0.2) is 11.5 Å². The van der Waals surface area contributed by atoms with Gasteiger partial charge in [-0.3, -0.25) is 4.79 Å². The highest BCUT2D eigenvalue weighted by atomic mass is 79.9. The summed E-state index contributed by atoms with van der Waals surface area (Å²) in [4.78, 5) is 15.0. The Morgan fingerprint density at radius 3 is 2.57 bits per heavy atom. The largest absolute Gasteiger partial charge is 0.493 e. The second kappa shape index (κ2) is 8.17. The van der Waals surface area contributed by atoms with Crippen molar-refractivity contribution in [2.24, 2.45) is 0 Å². The summed E-state index contributed by atoms with van der Waals surface area (Å²) in [6.07, 6.45) is 3.33. The third-order valence-electron chi connectivity index (χ3n) is 3.22. The summed E-state index contributed by atoms with van der Waals surface area (Å²) in [5, 5.41) is 0. The molecule has 2 aromatic rings. The Labute approximate surface area is 148 Å². The van der Waals surface area contributed by atoms with Gasteiger partial charge in [0.25, 0.3) is 0 Å². The van der Waals surface area contributed by atoms with Crippen LogP contribution in [0.4, 0.5) is 0 Å². The Bertz CT molecular complexity index is 712. The molecular formula is C17H18BrNO3S. The maximum absolute atomic E-state index is 12.2. The highest BCUT2D eigenvalue weighted by molar-refractivity contribution is 9.11. The molecule has 1 heterocycles. The number of carbonyl (C=O) groups is 1. The molecule has 0 atom stereocenters. The number of amides is 1. The molecule has 0 N–H and O–H groups in total. The molecule has 0 saturated heterocycles. The Morgan fingerprint density at radius 1 is 1.22 bits per heavy atom. The van der Waals surface area contributed by atoms with Crippen molar-refractivity contribution in [1.29, 1.82) is 0 Å². The van der Waals surface area contributed by atoms with Crippen molar-refractivity contribution in [2.75, 3.05) is 21.3 Å². The normalized spacial score (nSPS) is 10.8. The van der Waals surface area contributed by atoms with Crippen LogP contribution in [0, 0.1) is 0 Å². The number of halogens is 1. The number of hydrogen-bond acceptors (Lipinski definition) is 4. The number of benzene rings is 1. The van der Waals surface area contributed by atoms with Gasteiger partial charge in [-0.25, -0.2) is 0 Å². The van der Waals surface area contributed by atoms with E-state index in [0.717, 1.165) is 14.2 Å². The van der Waals surface area contributed by atoms with Crippen molar-refractivity contribution in [3.05, 3.63) is 50.6 Å². The van der Waals surface area contributed by atoms with Gasteiger partial charge in [-0.15, -0.1) is 11.3 Å². The monoisotopic (exact) mass is 395 g/mol. The molecule has 6 heteroatoms. The number of ether oxygens (including phenoxy) is 2. The van der Waals surface area contributed by atoms with Crippen LogP contribution in [-0.2, 0) is 11.3 Å². The Morgan fingerprint density at radius 2 is 1.96 bits per heavy atom. The standard InChI is InChI=1S/C17H18BrNO3S/c1-19(11-13-6-8-16(18)23-13)17(20)9-5-12-4-7-14(21-2)15(10-12)22-3/h4-10H,11H2,1-3H3/b9-5+. The molecule has 0 bridgehead atoms. The molecule has 0 aliphatic carbocycles. The smallest absolute Gasteiger partial charge is 0.246 e. The molecule has 1 amide bonds. The van der Waals surface area contributed by atoms with E-state index in [9.17, 15) is 4.79 Å².